The predicted molar refractivity (Wildman–Crippen MR) is 109 cm³/mol. The van der Waals surface area contributed by atoms with Crippen molar-refractivity contribution in [1.82, 2.24) is 4.31 Å². The lowest BCUT2D eigenvalue weighted by molar-refractivity contribution is 0.341. The van der Waals surface area contributed by atoms with Crippen molar-refractivity contribution >= 4 is 20.8 Å². The lowest BCUT2D eigenvalue weighted by atomic mass is 10.1. The standard InChI is InChI=1S/C22H23NO3S/c1-18-8-12-22(13-9-18)27(25,26)23(14-4-5-15-24)17-19-10-11-20-6-2-3-7-21(20)16-19/h2-13,16,24H,14-15,17H2,1H3/b5-4-. The molecule has 3 rings (SSSR count). The van der Waals surface area contributed by atoms with Gasteiger partial charge in [0.15, 0.2) is 0 Å². The molecule has 0 heterocycles. The van der Waals surface area contributed by atoms with Crippen molar-refractivity contribution in [2.75, 3.05) is 13.2 Å². The van der Waals surface area contributed by atoms with Gasteiger partial charge in [0.2, 0.25) is 10.0 Å². The second-order valence-corrected chi connectivity index (χ2v) is 8.38. The minimum absolute atomic E-state index is 0.117. The Hall–Kier alpha value is -2.47. The van der Waals surface area contributed by atoms with Crippen LogP contribution in [0.5, 0.6) is 0 Å². The van der Waals surface area contributed by atoms with Crippen LogP contribution in [0.4, 0.5) is 0 Å². The summed E-state index contributed by atoms with van der Waals surface area (Å²) in [5, 5.41) is 11.2. The molecule has 0 spiro atoms. The number of aliphatic hydroxyl groups excluding tert-OH is 1. The summed E-state index contributed by atoms with van der Waals surface area (Å²) in [5.74, 6) is 0. The van der Waals surface area contributed by atoms with Gasteiger partial charge in [-0.05, 0) is 41.5 Å². The highest BCUT2D eigenvalue weighted by atomic mass is 32.2. The maximum Gasteiger partial charge on any atom is 0.243 e. The Labute approximate surface area is 160 Å². The molecule has 3 aromatic carbocycles. The SMILES string of the molecule is Cc1ccc(S(=O)(=O)N(C/C=C\CO)Cc2ccc3ccccc3c2)cc1. The van der Waals surface area contributed by atoms with Crippen LogP contribution in [0.25, 0.3) is 10.8 Å². The molecule has 5 heteroatoms. The highest BCUT2D eigenvalue weighted by Gasteiger charge is 2.23. The monoisotopic (exact) mass is 381 g/mol. The molecule has 140 valence electrons. The van der Waals surface area contributed by atoms with Gasteiger partial charge in [-0.15, -0.1) is 0 Å². The van der Waals surface area contributed by atoms with Gasteiger partial charge in [0, 0.05) is 13.1 Å². The summed E-state index contributed by atoms with van der Waals surface area (Å²) in [5.41, 5.74) is 1.93. The molecule has 0 unspecified atom stereocenters. The van der Waals surface area contributed by atoms with Crippen molar-refractivity contribution in [1.29, 1.82) is 0 Å². The first-order chi connectivity index (χ1) is 13.0. The third-order valence-electron chi connectivity index (χ3n) is 4.41. The predicted octanol–water partition coefficient (Wildman–Crippen LogP) is 3.89. The summed E-state index contributed by atoms with van der Waals surface area (Å²) >= 11 is 0. The van der Waals surface area contributed by atoms with Crippen LogP contribution < -0.4 is 0 Å². The van der Waals surface area contributed by atoms with Gasteiger partial charge in [0.25, 0.3) is 0 Å². The van der Waals surface area contributed by atoms with Gasteiger partial charge in [-0.3, -0.25) is 0 Å². The number of aliphatic hydroxyl groups is 1. The Morgan fingerprint density at radius 2 is 1.63 bits per heavy atom. The fourth-order valence-electron chi connectivity index (χ4n) is 2.91. The molecular weight excluding hydrogens is 358 g/mol. The normalized spacial score (nSPS) is 12.3. The van der Waals surface area contributed by atoms with Crippen LogP contribution in [-0.2, 0) is 16.6 Å². The molecule has 4 nitrogen and oxygen atoms in total. The molecule has 0 aliphatic carbocycles. The molecule has 3 aromatic rings. The van der Waals surface area contributed by atoms with E-state index >= 15 is 0 Å². The number of benzene rings is 3. The van der Waals surface area contributed by atoms with Crippen LogP contribution in [0.15, 0.2) is 83.8 Å². The molecule has 0 fully saturated rings. The number of sulfonamides is 1. The first kappa shape index (κ1) is 19.3. The van der Waals surface area contributed by atoms with E-state index in [9.17, 15) is 8.42 Å². The quantitative estimate of drug-likeness (QED) is 0.632. The van der Waals surface area contributed by atoms with Gasteiger partial charge in [-0.1, -0.05) is 66.2 Å². The van der Waals surface area contributed by atoms with Crippen LogP contribution >= 0.6 is 0 Å². The molecule has 27 heavy (non-hydrogen) atoms. The highest BCUT2D eigenvalue weighted by molar-refractivity contribution is 7.89. The summed E-state index contributed by atoms with van der Waals surface area (Å²) in [6.07, 6.45) is 3.23. The fraction of sp³-hybridized carbons (Fsp3) is 0.182. The van der Waals surface area contributed by atoms with Crippen molar-refractivity contribution < 1.29 is 13.5 Å². The second-order valence-electron chi connectivity index (χ2n) is 6.45. The molecule has 0 aliphatic heterocycles. The Kier molecular flexibility index (Phi) is 6.06. The summed E-state index contributed by atoms with van der Waals surface area (Å²) in [7, 11) is -3.65. The zero-order chi connectivity index (χ0) is 19.3. The van der Waals surface area contributed by atoms with E-state index in [1.165, 1.54) is 4.31 Å². The first-order valence-electron chi connectivity index (χ1n) is 8.81. The molecule has 0 amide bonds. The number of nitrogens with zero attached hydrogens (tertiary/aromatic N) is 1. The van der Waals surface area contributed by atoms with Crippen LogP contribution in [0.2, 0.25) is 0 Å². The van der Waals surface area contributed by atoms with Crippen LogP contribution in [0.3, 0.4) is 0 Å². The average molecular weight is 381 g/mol. The van der Waals surface area contributed by atoms with Crippen molar-refractivity contribution in [3.63, 3.8) is 0 Å². The van der Waals surface area contributed by atoms with Crippen molar-refractivity contribution in [3.8, 4) is 0 Å². The van der Waals surface area contributed by atoms with E-state index in [0.717, 1.165) is 21.9 Å². The number of hydrogen-bond donors (Lipinski definition) is 1. The largest absolute Gasteiger partial charge is 0.392 e. The molecule has 0 saturated heterocycles. The molecular formula is C22H23NO3S. The Morgan fingerprint density at radius 1 is 0.926 bits per heavy atom. The molecule has 0 atom stereocenters. The highest BCUT2D eigenvalue weighted by Crippen LogP contribution is 2.21. The lowest BCUT2D eigenvalue weighted by Gasteiger charge is -2.21. The number of fused-ring (bicyclic) bond motifs is 1. The average Bonchev–Trinajstić information content (AvgIpc) is 2.67. The Bertz CT molecular complexity index is 1040. The van der Waals surface area contributed by atoms with Gasteiger partial charge >= 0.3 is 0 Å². The summed E-state index contributed by atoms with van der Waals surface area (Å²) in [4.78, 5) is 0.270. The maximum absolute atomic E-state index is 13.1. The third-order valence-corrected chi connectivity index (χ3v) is 6.24. The Morgan fingerprint density at radius 3 is 2.33 bits per heavy atom. The van der Waals surface area contributed by atoms with Crippen molar-refractivity contribution in [2.24, 2.45) is 0 Å². The maximum atomic E-state index is 13.1. The van der Waals surface area contributed by atoms with Crippen LogP contribution in [0.1, 0.15) is 11.1 Å². The number of rotatable bonds is 7. The minimum Gasteiger partial charge on any atom is -0.392 e. The van der Waals surface area contributed by atoms with Gasteiger partial charge in [-0.25, -0.2) is 8.42 Å². The van der Waals surface area contributed by atoms with Crippen molar-refractivity contribution in [3.05, 3.63) is 90.0 Å². The van der Waals surface area contributed by atoms with Crippen LogP contribution in [0, 0.1) is 6.92 Å². The molecule has 0 saturated carbocycles. The van der Waals surface area contributed by atoms with Gasteiger partial charge in [0.05, 0.1) is 11.5 Å². The summed E-state index contributed by atoms with van der Waals surface area (Å²) < 4.78 is 27.7. The number of hydrogen-bond acceptors (Lipinski definition) is 3. The fourth-order valence-corrected chi connectivity index (χ4v) is 4.29. The smallest absolute Gasteiger partial charge is 0.243 e. The zero-order valence-electron chi connectivity index (χ0n) is 15.2. The Balaban J connectivity index is 1.94. The van der Waals surface area contributed by atoms with Crippen molar-refractivity contribution in [2.45, 2.75) is 18.4 Å². The van der Waals surface area contributed by atoms with Gasteiger partial charge in [-0.2, -0.15) is 4.31 Å². The third kappa shape index (κ3) is 4.63. The summed E-state index contributed by atoms with van der Waals surface area (Å²) in [6.45, 7) is 2.27. The van der Waals surface area contributed by atoms with Gasteiger partial charge < -0.3 is 5.11 Å². The topological polar surface area (TPSA) is 57.6 Å². The van der Waals surface area contributed by atoms with E-state index in [-0.39, 0.29) is 24.6 Å². The van der Waals surface area contributed by atoms with E-state index in [1.54, 1.807) is 36.4 Å². The second kappa shape index (κ2) is 8.48. The zero-order valence-corrected chi connectivity index (χ0v) is 16.1. The molecule has 0 radical (unpaired) electrons. The van der Waals surface area contributed by atoms with E-state index in [0.29, 0.717) is 0 Å². The number of aryl methyl sites for hydroxylation is 1. The van der Waals surface area contributed by atoms with E-state index in [4.69, 9.17) is 5.11 Å². The molecule has 0 aromatic heterocycles. The van der Waals surface area contributed by atoms with Crippen LogP contribution in [-0.4, -0.2) is 31.0 Å². The van der Waals surface area contributed by atoms with E-state index in [2.05, 4.69) is 0 Å². The lowest BCUT2D eigenvalue weighted by Crippen LogP contribution is -2.31. The van der Waals surface area contributed by atoms with E-state index in [1.807, 2.05) is 49.4 Å². The van der Waals surface area contributed by atoms with E-state index < -0.39 is 10.0 Å². The molecule has 0 aliphatic rings. The van der Waals surface area contributed by atoms with Gasteiger partial charge in [0.1, 0.15) is 0 Å². The molecule has 0 bridgehead atoms. The summed E-state index contributed by atoms with van der Waals surface area (Å²) in [6, 6.07) is 20.8. The minimum atomic E-state index is -3.65. The first-order valence-corrected chi connectivity index (χ1v) is 10.2. The molecule has 1 N–H and O–H groups in total.